The monoisotopic (exact) mass is 483 g/mol. The maximum atomic E-state index is 13.6. The van der Waals surface area contributed by atoms with E-state index in [1.54, 1.807) is 48.2 Å². The molecular formula is C27H30FNO4S. The molecule has 2 heterocycles. The second-order valence-electron chi connectivity index (χ2n) is 9.63. The molecule has 2 aliphatic rings. The second kappa shape index (κ2) is 9.92. The molecule has 4 rings (SSSR count). The van der Waals surface area contributed by atoms with Gasteiger partial charge in [-0.05, 0) is 81.0 Å². The fourth-order valence-corrected chi connectivity index (χ4v) is 6.15. The van der Waals surface area contributed by atoms with Gasteiger partial charge in [-0.2, -0.15) is 0 Å². The first kappa shape index (κ1) is 24.5. The number of benzene rings is 2. The Labute approximate surface area is 203 Å². The highest BCUT2D eigenvalue weighted by Gasteiger charge is 2.44. The van der Waals surface area contributed by atoms with E-state index in [1.165, 1.54) is 12.1 Å². The van der Waals surface area contributed by atoms with E-state index in [1.807, 2.05) is 6.92 Å². The van der Waals surface area contributed by atoms with Crippen LogP contribution in [0.5, 0.6) is 0 Å². The molecule has 3 atom stereocenters. The normalized spacial score (nSPS) is 22.2. The minimum absolute atomic E-state index is 0.0193. The summed E-state index contributed by atoms with van der Waals surface area (Å²) in [6, 6.07) is 12.9. The molecule has 34 heavy (non-hydrogen) atoms. The van der Waals surface area contributed by atoms with Crippen molar-refractivity contribution in [3.05, 3.63) is 81.5 Å². The zero-order valence-electron chi connectivity index (χ0n) is 19.6. The summed E-state index contributed by atoms with van der Waals surface area (Å²) < 4.78 is 19.3. The van der Waals surface area contributed by atoms with Crippen LogP contribution in [0.3, 0.4) is 0 Å². The third kappa shape index (κ3) is 5.53. The van der Waals surface area contributed by atoms with Crippen molar-refractivity contribution in [3.8, 4) is 0 Å². The Hall–Kier alpha value is -2.64. The molecule has 2 unspecified atom stereocenters. The molecule has 0 bridgehead atoms. The summed E-state index contributed by atoms with van der Waals surface area (Å²) in [6.45, 7) is 6.53. The molecule has 5 nitrogen and oxygen atoms in total. The number of amides is 1. The summed E-state index contributed by atoms with van der Waals surface area (Å²) in [5.41, 5.74) is 2.97. The second-order valence-corrected chi connectivity index (χ2v) is 11.0. The Kier molecular flexibility index (Phi) is 7.14. The first-order valence-corrected chi connectivity index (χ1v) is 12.4. The predicted octanol–water partition coefficient (Wildman–Crippen LogP) is 5.52. The Bertz CT molecular complexity index is 1090. The Balaban J connectivity index is 1.51. The van der Waals surface area contributed by atoms with Crippen molar-refractivity contribution >= 4 is 23.6 Å². The van der Waals surface area contributed by atoms with Crippen LogP contribution in [0.2, 0.25) is 0 Å². The van der Waals surface area contributed by atoms with Crippen LogP contribution in [0.1, 0.15) is 61.1 Å². The van der Waals surface area contributed by atoms with E-state index >= 15 is 0 Å². The van der Waals surface area contributed by atoms with Crippen molar-refractivity contribution in [3.63, 3.8) is 0 Å². The number of ether oxygens (including phenoxy) is 1. The molecule has 2 N–H and O–H groups in total. The minimum atomic E-state index is -0.975. The van der Waals surface area contributed by atoms with E-state index in [0.717, 1.165) is 34.4 Å². The van der Waals surface area contributed by atoms with Gasteiger partial charge < -0.3 is 15.2 Å². The summed E-state index contributed by atoms with van der Waals surface area (Å²) >= 11 is 1.74. The molecule has 0 saturated carbocycles. The first-order valence-electron chi connectivity index (χ1n) is 11.5. The van der Waals surface area contributed by atoms with Crippen molar-refractivity contribution in [2.45, 2.75) is 56.9 Å². The molecule has 2 aromatic rings. The van der Waals surface area contributed by atoms with Gasteiger partial charge >= 0.3 is 5.97 Å². The minimum Gasteiger partial charge on any atom is -0.478 e. The predicted molar refractivity (Wildman–Crippen MR) is 131 cm³/mol. The summed E-state index contributed by atoms with van der Waals surface area (Å²) in [6.07, 6.45) is 2.27. The average molecular weight is 484 g/mol. The van der Waals surface area contributed by atoms with Gasteiger partial charge in [0.25, 0.3) is 0 Å². The molecular weight excluding hydrogens is 453 g/mol. The van der Waals surface area contributed by atoms with Gasteiger partial charge in [-0.15, -0.1) is 11.8 Å². The summed E-state index contributed by atoms with van der Waals surface area (Å²) in [7, 11) is 0. The Morgan fingerprint density at radius 1 is 1.18 bits per heavy atom. The van der Waals surface area contributed by atoms with Crippen molar-refractivity contribution < 1.29 is 23.8 Å². The number of halogens is 1. The first-order chi connectivity index (χ1) is 16.1. The molecule has 2 aromatic carbocycles. The number of hydrogen-bond acceptors (Lipinski definition) is 4. The standard InChI is InChI=1S/C27H30FNO4S/c1-16(18-7-9-19(10-8-18)26(31)32)29-25(30)24-21-14-27(2,3)33-15-23(21)34-22(24)13-6-17-4-11-20(28)12-5-17/h4-5,7-12,16,22,24H,6,13-15H2,1-3H3,(H,29,30)(H,31,32)/t16-,22?,24?/m0/s1. The number of aryl methyl sites for hydroxylation is 1. The van der Waals surface area contributed by atoms with Crippen LogP contribution in [0, 0.1) is 11.7 Å². The van der Waals surface area contributed by atoms with Crippen LogP contribution >= 0.6 is 11.8 Å². The maximum Gasteiger partial charge on any atom is 0.335 e. The Morgan fingerprint density at radius 3 is 2.50 bits per heavy atom. The van der Waals surface area contributed by atoms with Crippen LogP contribution < -0.4 is 5.32 Å². The third-order valence-corrected chi connectivity index (χ3v) is 8.01. The number of carbonyl (C=O) groups excluding carboxylic acids is 1. The van der Waals surface area contributed by atoms with Gasteiger partial charge in [0.2, 0.25) is 5.91 Å². The smallest absolute Gasteiger partial charge is 0.335 e. The van der Waals surface area contributed by atoms with E-state index in [9.17, 15) is 14.0 Å². The van der Waals surface area contributed by atoms with Gasteiger partial charge in [0.1, 0.15) is 5.82 Å². The molecule has 0 radical (unpaired) electrons. The molecule has 0 saturated heterocycles. The molecule has 1 amide bonds. The zero-order valence-corrected chi connectivity index (χ0v) is 20.5. The van der Waals surface area contributed by atoms with Crippen molar-refractivity contribution in [2.24, 2.45) is 5.92 Å². The van der Waals surface area contributed by atoms with Crippen LogP contribution in [-0.4, -0.2) is 34.4 Å². The van der Waals surface area contributed by atoms with Gasteiger partial charge in [0.05, 0.1) is 29.7 Å². The van der Waals surface area contributed by atoms with Gasteiger partial charge in [0, 0.05) is 10.2 Å². The molecule has 0 aromatic heterocycles. The number of aromatic carboxylic acids is 1. The van der Waals surface area contributed by atoms with Gasteiger partial charge in [0.15, 0.2) is 0 Å². The van der Waals surface area contributed by atoms with Crippen molar-refractivity contribution in [2.75, 3.05) is 6.61 Å². The summed E-state index contributed by atoms with van der Waals surface area (Å²) in [5, 5.41) is 12.4. The third-order valence-electron chi connectivity index (χ3n) is 6.54. The average Bonchev–Trinajstić information content (AvgIpc) is 3.15. The fourth-order valence-electron chi connectivity index (χ4n) is 4.64. The van der Waals surface area contributed by atoms with Crippen LogP contribution in [0.25, 0.3) is 0 Å². The van der Waals surface area contributed by atoms with Gasteiger partial charge in [-0.1, -0.05) is 24.3 Å². The number of carbonyl (C=O) groups is 2. The lowest BCUT2D eigenvalue weighted by Crippen LogP contribution is -2.39. The van der Waals surface area contributed by atoms with Crippen LogP contribution in [0.4, 0.5) is 4.39 Å². The summed E-state index contributed by atoms with van der Waals surface area (Å²) in [5.74, 6) is -1.51. The largest absolute Gasteiger partial charge is 0.478 e. The van der Waals surface area contributed by atoms with Gasteiger partial charge in [-0.3, -0.25) is 4.79 Å². The molecule has 180 valence electrons. The molecule has 7 heteroatoms. The van der Waals surface area contributed by atoms with Crippen molar-refractivity contribution in [1.82, 2.24) is 5.32 Å². The highest BCUT2D eigenvalue weighted by Crippen LogP contribution is 2.50. The van der Waals surface area contributed by atoms with E-state index in [0.29, 0.717) is 13.0 Å². The van der Waals surface area contributed by atoms with E-state index in [4.69, 9.17) is 9.84 Å². The highest BCUT2D eigenvalue weighted by atomic mass is 32.2. The topological polar surface area (TPSA) is 75.6 Å². The number of thioether (sulfide) groups is 1. The van der Waals surface area contributed by atoms with Crippen LogP contribution in [0.15, 0.2) is 59.0 Å². The lowest BCUT2D eigenvalue weighted by Gasteiger charge is -2.33. The zero-order chi connectivity index (χ0) is 24.5. The number of nitrogens with one attached hydrogen (secondary N) is 1. The summed E-state index contributed by atoms with van der Waals surface area (Å²) in [4.78, 5) is 25.9. The number of hydrogen-bond donors (Lipinski definition) is 2. The number of carboxylic acid groups (broad SMARTS) is 1. The Morgan fingerprint density at radius 2 is 1.85 bits per heavy atom. The van der Waals surface area contributed by atoms with Crippen molar-refractivity contribution in [1.29, 1.82) is 0 Å². The van der Waals surface area contributed by atoms with E-state index < -0.39 is 5.97 Å². The number of rotatable bonds is 7. The molecule has 0 aliphatic carbocycles. The molecule has 0 spiro atoms. The lowest BCUT2D eigenvalue weighted by molar-refractivity contribution is -0.124. The van der Waals surface area contributed by atoms with E-state index in [-0.39, 0.29) is 40.1 Å². The van der Waals surface area contributed by atoms with Gasteiger partial charge in [-0.25, -0.2) is 9.18 Å². The number of carboxylic acids is 1. The highest BCUT2D eigenvalue weighted by molar-refractivity contribution is 8.04. The fraction of sp³-hybridized carbons (Fsp3) is 0.407. The molecule has 2 aliphatic heterocycles. The quantitative estimate of drug-likeness (QED) is 0.543. The maximum absolute atomic E-state index is 13.6. The SMILES string of the molecule is C[C@H](NC(=O)C1C2=C(COC(C)(C)C2)SC1CCc1ccc(F)cc1)c1ccc(C(=O)O)cc1. The lowest BCUT2D eigenvalue weighted by atomic mass is 9.83. The molecule has 0 fully saturated rings. The van der Waals surface area contributed by atoms with E-state index in [2.05, 4.69) is 19.2 Å². The van der Waals surface area contributed by atoms with Crippen LogP contribution in [-0.2, 0) is 16.0 Å².